The van der Waals surface area contributed by atoms with Crippen LogP contribution in [0, 0.1) is 11.6 Å². The molecule has 1 N–H and O–H groups in total. The van der Waals surface area contributed by atoms with Crippen molar-refractivity contribution in [3.63, 3.8) is 0 Å². The van der Waals surface area contributed by atoms with Gasteiger partial charge in [0.25, 0.3) is 5.91 Å². The second-order valence-corrected chi connectivity index (χ2v) is 4.73. The van der Waals surface area contributed by atoms with Crippen molar-refractivity contribution in [1.29, 1.82) is 0 Å². The van der Waals surface area contributed by atoms with E-state index in [2.05, 4.69) is 21.2 Å². The third kappa shape index (κ3) is 3.17. The first kappa shape index (κ1) is 13.7. The Morgan fingerprint density at radius 3 is 2.58 bits per heavy atom. The molecule has 0 fully saturated rings. The van der Waals surface area contributed by atoms with Gasteiger partial charge < -0.3 is 5.32 Å². The van der Waals surface area contributed by atoms with Gasteiger partial charge in [0.1, 0.15) is 0 Å². The molecule has 0 aromatic heterocycles. The van der Waals surface area contributed by atoms with Crippen LogP contribution in [-0.4, -0.2) is 5.91 Å². The Morgan fingerprint density at radius 2 is 1.84 bits per heavy atom. The molecule has 2 nitrogen and oxygen atoms in total. The maximum atomic E-state index is 13.4. The van der Waals surface area contributed by atoms with Gasteiger partial charge in [0.05, 0.1) is 5.56 Å². The van der Waals surface area contributed by atoms with Crippen molar-refractivity contribution >= 4 is 21.8 Å². The largest absolute Gasteiger partial charge is 0.348 e. The second-order valence-electron chi connectivity index (χ2n) is 3.88. The monoisotopic (exact) mass is 325 g/mol. The molecule has 5 heteroatoms. The van der Waals surface area contributed by atoms with E-state index in [-0.39, 0.29) is 12.1 Å². The van der Waals surface area contributed by atoms with Crippen LogP contribution in [0.15, 0.2) is 46.9 Å². The predicted molar refractivity (Wildman–Crippen MR) is 71.7 cm³/mol. The fourth-order valence-electron chi connectivity index (χ4n) is 1.59. The van der Waals surface area contributed by atoms with Gasteiger partial charge in [0.2, 0.25) is 0 Å². The van der Waals surface area contributed by atoms with Crippen LogP contribution < -0.4 is 5.32 Å². The summed E-state index contributed by atoms with van der Waals surface area (Å²) < 4.78 is 27.3. The molecule has 2 rings (SSSR count). The molecule has 2 aromatic carbocycles. The number of carbonyl (C=O) groups is 1. The minimum Gasteiger partial charge on any atom is -0.348 e. The molecule has 0 saturated heterocycles. The predicted octanol–water partition coefficient (Wildman–Crippen LogP) is 3.66. The molecule has 0 aliphatic heterocycles. The van der Waals surface area contributed by atoms with E-state index in [1.165, 1.54) is 12.1 Å². The van der Waals surface area contributed by atoms with E-state index in [9.17, 15) is 13.6 Å². The summed E-state index contributed by atoms with van der Waals surface area (Å²) in [5.74, 6) is -2.81. The van der Waals surface area contributed by atoms with E-state index in [0.717, 1.165) is 16.1 Å². The minimum absolute atomic E-state index is 0.232. The number of hydrogen-bond donors (Lipinski definition) is 1. The molecule has 0 aliphatic carbocycles. The summed E-state index contributed by atoms with van der Waals surface area (Å²) in [6.45, 7) is 0.232. The number of amides is 1. The van der Waals surface area contributed by atoms with Gasteiger partial charge in [-0.15, -0.1) is 0 Å². The topological polar surface area (TPSA) is 29.1 Å². The first-order valence-electron chi connectivity index (χ1n) is 5.55. The summed E-state index contributed by atoms with van der Waals surface area (Å²) >= 11 is 3.34. The zero-order chi connectivity index (χ0) is 13.8. The Labute approximate surface area is 117 Å². The van der Waals surface area contributed by atoms with Crippen molar-refractivity contribution in [3.05, 3.63) is 69.7 Å². The highest BCUT2D eigenvalue weighted by Crippen LogP contribution is 2.16. The lowest BCUT2D eigenvalue weighted by atomic mass is 10.1. The number of carbonyl (C=O) groups excluding carboxylic acids is 1. The maximum Gasteiger partial charge on any atom is 0.254 e. The number of rotatable bonds is 3. The number of halogens is 3. The average Bonchev–Trinajstić information content (AvgIpc) is 2.40. The molecule has 19 heavy (non-hydrogen) atoms. The van der Waals surface area contributed by atoms with E-state index < -0.39 is 17.5 Å². The molecule has 0 heterocycles. The van der Waals surface area contributed by atoms with Gasteiger partial charge in [-0.05, 0) is 23.8 Å². The Morgan fingerprint density at radius 1 is 1.11 bits per heavy atom. The standard InChI is InChI=1S/C14H10BrF2NO/c15-11-6-2-1-4-9(11)8-18-14(19)10-5-3-7-12(16)13(10)17/h1-7H,8H2,(H,18,19). The van der Waals surface area contributed by atoms with Gasteiger partial charge in [-0.25, -0.2) is 8.78 Å². The van der Waals surface area contributed by atoms with Crippen LogP contribution in [0.1, 0.15) is 15.9 Å². The Hall–Kier alpha value is -1.75. The van der Waals surface area contributed by atoms with Crippen LogP contribution in [0.2, 0.25) is 0 Å². The number of hydrogen-bond acceptors (Lipinski definition) is 1. The molecular weight excluding hydrogens is 316 g/mol. The zero-order valence-electron chi connectivity index (χ0n) is 9.79. The first-order chi connectivity index (χ1) is 9.09. The normalized spacial score (nSPS) is 10.3. The van der Waals surface area contributed by atoms with Crippen molar-refractivity contribution in [2.24, 2.45) is 0 Å². The van der Waals surface area contributed by atoms with Crippen molar-refractivity contribution in [2.45, 2.75) is 6.54 Å². The van der Waals surface area contributed by atoms with Gasteiger partial charge in [-0.2, -0.15) is 0 Å². The highest BCUT2D eigenvalue weighted by atomic mass is 79.9. The lowest BCUT2D eigenvalue weighted by Gasteiger charge is -2.08. The molecule has 2 aromatic rings. The van der Waals surface area contributed by atoms with Crippen molar-refractivity contribution in [2.75, 3.05) is 0 Å². The van der Waals surface area contributed by atoms with Crippen molar-refractivity contribution in [1.82, 2.24) is 5.32 Å². The van der Waals surface area contributed by atoms with Crippen molar-refractivity contribution in [3.8, 4) is 0 Å². The van der Waals surface area contributed by atoms with Crippen LogP contribution >= 0.6 is 15.9 Å². The van der Waals surface area contributed by atoms with Crippen LogP contribution in [0.5, 0.6) is 0 Å². The maximum absolute atomic E-state index is 13.4. The summed E-state index contributed by atoms with van der Waals surface area (Å²) in [5.41, 5.74) is 0.555. The fourth-order valence-corrected chi connectivity index (χ4v) is 2.02. The van der Waals surface area contributed by atoms with E-state index >= 15 is 0 Å². The Bertz CT molecular complexity index is 616. The molecule has 0 radical (unpaired) electrons. The van der Waals surface area contributed by atoms with Gasteiger partial charge in [0, 0.05) is 11.0 Å². The molecule has 0 unspecified atom stereocenters. The Balaban J connectivity index is 2.10. The van der Waals surface area contributed by atoms with Crippen LogP contribution in [0.4, 0.5) is 8.78 Å². The zero-order valence-corrected chi connectivity index (χ0v) is 11.4. The van der Waals surface area contributed by atoms with E-state index in [1.807, 2.05) is 24.3 Å². The SMILES string of the molecule is O=C(NCc1ccccc1Br)c1cccc(F)c1F. The third-order valence-corrected chi connectivity index (χ3v) is 3.37. The quantitative estimate of drug-likeness (QED) is 0.916. The summed E-state index contributed by atoms with van der Waals surface area (Å²) in [6, 6.07) is 10.9. The first-order valence-corrected chi connectivity index (χ1v) is 6.34. The Kier molecular flexibility index (Phi) is 4.27. The molecule has 0 atom stereocenters. The second kappa shape index (κ2) is 5.93. The molecule has 98 valence electrons. The molecule has 0 bridgehead atoms. The van der Waals surface area contributed by atoms with Crippen LogP contribution in [0.3, 0.4) is 0 Å². The van der Waals surface area contributed by atoms with Gasteiger partial charge >= 0.3 is 0 Å². The highest BCUT2D eigenvalue weighted by Gasteiger charge is 2.14. The number of nitrogens with one attached hydrogen (secondary N) is 1. The van der Waals surface area contributed by atoms with E-state index in [4.69, 9.17) is 0 Å². The molecule has 1 amide bonds. The summed E-state index contributed by atoms with van der Waals surface area (Å²) in [5, 5.41) is 2.55. The summed E-state index contributed by atoms with van der Waals surface area (Å²) in [4.78, 5) is 11.8. The lowest BCUT2D eigenvalue weighted by molar-refractivity contribution is 0.0945. The molecule has 0 spiro atoms. The van der Waals surface area contributed by atoms with E-state index in [1.54, 1.807) is 0 Å². The molecule has 0 saturated carbocycles. The molecule has 0 aliphatic rings. The average molecular weight is 326 g/mol. The van der Waals surface area contributed by atoms with Gasteiger partial charge in [-0.3, -0.25) is 4.79 Å². The van der Waals surface area contributed by atoms with Gasteiger partial charge in [0.15, 0.2) is 11.6 Å². The summed E-state index contributed by atoms with van der Waals surface area (Å²) in [6.07, 6.45) is 0. The third-order valence-electron chi connectivity index (χ3n) is 2.59. The van der Waals surface area contributed by atoms with Crippen LogP contribution in [0.25, 0.3) is 0 Å². The summed E-state index contributed by atoms with van der Waals surface area (Å²) in [7, 11) is 0. The minimum atomic E-state index is -1.13. The van der Waals surface area contributed by atoms with Crippen LogP contribution in [-0.2, 0) is 6.54 Å². The van der Waals surface area contributed by atoms with E-state index in [0.29, 0.717) is 0 Å². The smallest absolute Gasteiger partial charge is 0.254 e. The highest BCUT2D eigenvalue weighted by molar-refractivity contribution is 9.10. The fraction of sp³-hybridized carbons (Fsp3) is 0.0714. The lowest BCUT2D eigenvalue weighted by Crippen LogP contribution is -2.24. The van der Waals surface area contributed by atoms with Crippen molar-refractivity contribution < 1.29 is 13.6 Å². The molecular formula is C14H10BrF2NO. The van der Waals surface area contributed by atoms with Gasteiger partial charge in [-0.1, -0.05) is 40.2 Å². The number of benzene rings is 2.